The fraction of sp³-hybridized carbons (Fsp3) is 0. The number of aromatic nitrogens is 1. The summed E-state index contributed by atoms with van der Waals surface area (Å²) in [5, 5.41) is 18.7. The highest BCUT2D eigenvalue weighted by Crippen LogP contribution is 2.31. The highest BCUT2D eigenvalue weighted by atomic mass is 35.5. The van der Waals surface area contributed by atoms with E-state index in [1.165, 1.54) is 42.6 Å². The van der Waals surface area contributed by atoms with E-state index in [2.05, 4.69) is 9.71 Å². The Morgan fingerprint density at radius 3 is 2.62 bits per heavy atom. The van der Waals surface area contributed by atoms with E-state index in [4.69, 9.17) is 22.1 Å². The monoisotopic (exact) mass is 356 g/mol. The van der Waals surface area contributed by atoms with Crippen LogP contribution in [0.15, 0.2) is 47.5 Å². The van der Waals surface area contributed by atoms with E-state index < -0.39 is 10.0 Å². The molecule has 0 fully saturated rings. The highest BCUT2D eigenvalue weighted by Gasteiger charge is 2.17. The number of fused-ring (bicyclic) bond motifs is 1. The number of halogens is 1. The zero-order valence-corrected chi connectivity index (χ0v) is 13.6. The van der Waals surface area contributed by atoms with Crippen LogP contribution in [0.25, 0.3) is 10.9 Å². The first kappa shape index (κ1) is 15.9. The molecule has 2 N–H and O–H groups in total. The van der Waals surface area contributed by atoms with Gasteiger partial charge in [0.2, 0.25) is 0 Å². The number of H-pyrrole nitrogens is 1. The third-order valence-corrected chi connectivity index (χ3v) is 5.08. The summed E-state index contributed by atoms with van der Waals surface area (Å²) in [7, 11) is -3.90. The molecule has 0 aliphatic heterocycles. The van der Waals surface area contributed by atoms with Gasteiger partial charge in [-0.1, -0.05) is 17.7 Å². The predicted molar refractivity (Wildman–Crippen MR) is 90.0 cm³/mol. The normalized spacial score (nSPS) is 11.0. The summed E-state index contributed by atoms with van der Waals surface area (Å²) in [6.45, 7) is 0. The second-order valence-electron chi connectivity index (χ2n) is 4.94. The minimum atomic E-state index is -3.90. The number of benzene rings is 2. The van der Waals surface area contributed by atoms with Crippen molar-refractivity contribution in [1.29, 1.82) is 10.5 Å². The third kappa shape index (κ3) is 2.79. The molecule has 3 rings (SSSR count). The molecule has 0 unspecified atom stereocenters. The SMILES string of the molecule is N#Cc1cccc(S(=O)(=O)Nc2cc3[nH]cc(C#N)c3cc2Cl)c1. The Balaban J connectivity index is 2.04. The number of anilines is 1. The quantitative estimate of drug-likeness (QED) is 0.749. The number of hydrogen-bond acceptors (Lipinski definition) is 4. The van der Waals surface area contributed by atoms with Gasteiger partial charge in [-0.3, -0.25) is 4.72 Å². The van der Waals surface area contributed by atoms with E-state index in [9.17, 15) is 8.42 Å². The van der Waals surface area contributed by atoms with Gasteiger partial charge in [-0.2, -0.15) is 10.5 Å². The molecule has 8 heteroatoms. The average molecular weight is 357 g/mol. The van der Waals surface area contributed by atoms with Crippen molar-refractivity contribution in [1.82, 2.24) is 4.98 Å². The molecule has 3 aromatic rings. The summed E-state index contributed by atoms with van der Waals surface area (Å²) in [5.41, 5.74) is 1.42. The van der Waals surface area contributed by atoms with Crippen LogP contribution in [0.2, 0.25) is 5.02 Å². The molecule has 0 bridgehead atoms. The summed E-state index contributed by atoms with van der Waals surface area (Å²) in [5.74, 6) is 0. The molecular formula is C16H9ClN4O2S. The first-order chi connectivity index (χ1) is 11.4. The third-order valence-electron chi connectivity index (χ3n) is 3.41. The standard InChI is InChI=1S/C16H9ClN4O2S/c17-14-5-13-11(8-19)9-20-15(13)6-16(14)21-24(22,23)12-3-1-2-10(4-12)7-18/h1-6,9,20-21H. The average Bonchev–Trinajstić information content (AvgIpc) is 2.96. The molecule has 24 heavy (non-hydrogen) atoms. The Morgan fingerprint density at radius 2 is 1.92 bits per heavy atom. The van der Waals surface area contributed by atoms with Crippen molar-refractivity contribution in [3.63, 3.8) is 0 Å². The number of aromatic amines is 1. The van der Waals surface area contributed by atoms with Crippen molar-refractivity contribution >= 4 is 38.2 Å². The van der Waals surface area contributed by atoms with E-state index in [0.29, 0.717) is 16.5 Å². The highest BCUT2D eigenvalue weighted by molar-refractivity contribution is 7.92. The second-order valence-corrected chi connectivity index (χ2v) is 7.03. The Kier molecular flexibility index (Phi) is 3.90. The van der Waals surface area contributed by atoms with Crippen LogP contribution >= 0.6 is 11.6 Å². The van der Waals surface area contributed by atoms with Crippen molar-refractivity contribution in [2.45, 2.75) is 4.90 Å². The lowest BCUT2D eigenvalue weighted by molar-refractivity contribution is 0.601. The zero-order chi connectivity index (χ0) is 17.3. The van der Waals surface area contributed by atoms with Crippen molar-refractivity contribution in [3.05, 3.63) is 58.7 Å². The number of nitrogens with one attached hydrogen (secondary N) is 2. The molecular weight excluding hydrogens is 348 g/mol. The Hall–Kier alpha value is -3.00. The molecule has 118 valence electrons. The van der Waals surface area contributed by atoms with Crippen LogP contribution in [0, 0.1) is 22.7 Å². The van der Waals surface area contributed by atoms with Gasteiger partial charge in [0, 0.05) is 17.1 Å². The Labute approximate surface area is 143 Å². The first-order valence-electron chi connectivity index (χ1n) is 6.68. The van der Waals surface area contributed by atoms with Crippen LogP contribution in [0.4, 0.5) is 5.69 Å². The van der Waals surface area contributed by atoms with Crippen molar-refractivity contribution in [3.8, 4) is 12.1 Å². The van der Waals surface area contributed by atoms with E-state index >= 15 is 0 Å². The summed E-state index contributed by atoms with van der Waals surface area (Å²) in [6, 6.07) is 12.6. The lowest BCUT2D eigenvalue weighted by Crippen LogP contribution is -2.13. The maximum absolute atomic E-state index is 12.5. The van der Waals surface area contributed by atoms with Gasteiger partial charge < -0.3 is 4.98 Å². The number of nitriles is 2. The molecule has 1 aromatic heterocycles. The molecule has 0 saturated heterocycles. The molecule has 0 aliphatic carbocycles. The van der Waals surface area contributed by atoms with Crippen LogP contribution in [0.3, 0.4) is 0 Å². The molecule has 6 nitrogen and oxygen atoms in total. The molecule has 0 amide bonds. The molecule has 0 spiro atoms. The minimum Gasteiger partial charge on any atom is -0.360 e. The van der Waals surface area contributed by atoms with Crippen LogP contribution in [0.5, 0.6) is 0 Å². The number of sulfonamides is 1. The summed E-state index contributed by atoms with van der Waals surface area (Å²) in [6.07, 6.45) is 1.52. The van der Waals surface area contributed by atoms with Crippen molar-refractivity contribution in [2.75, 3.05) is 4.72 Å². The Morgan fingerprint density at radius 1 is 1.12 bits per heavy atom. The lowest BCUT2D eigenvalue weighted by atomic mass is 10.2. The van der Waals surface area contributed by atoms with Crippen LogP contribution in [-0.2, 0) is 10.0 Å². The molecule has 0 atom stereocenters. The second kappa shape index (κ2) is 5.89. The smallest absolute Gasteiger partial charge is 0.261 e. The number of hydrogen-bond donors (Lipinski definition) is 2. The number of nitrogens with zero attached hydrogens (tertiary/aromatic N) is 2. The maximum Gasteiger partial charge on any atom is 0.261 e. The summed E-state index contributed by atoms with van der Waals surface area (Å²) >= 11 is 6.14. The van der Waals surface area contributed by atoms with Gasteiger partial charge in [-0.05, 0) is 30.3 Å². The first-order valence-corrected chi connectivity index (χ1v) is 8.54. The molecule has 2 aromatic carbocycles. The van der Waals surface area contributed by atoms with E-state index in [-0.39, 0.29) is 21.2 Å². The van der Waals surface area contributed by atoms with Gasteiger partial charge >= 0.3 is 0 Å². The summed E-state index contributed by atoms with van der Waals surface area (Å²) < 4.78 is 27.4. The lowest BCUT2D eigenvalue weighted by Gasteiger charge is -2.10. The van der Waals surface area contributed by atoms with Crippen LogP contribution in [-0.4, -0.2) is 13.4 Å². The fourth-order valence-electron chi connectivity index (χ4n) is 2.25. The van der Waals surface area contributed by atoms with Gasteiger partial charge in [0.25, 0.3) is 10.0 Å². The van der Waals surface area contributed by atoms with E-state index in [0.717, 1.165) is 0 Å². The molecule has 1 heterocycles. The van der Waals surface area contributed by atoms with Crippen LogP contribution in [0.1, 0.15) is 11.1 Å². The van der Waals surface area contributed by atoms with Gasteiger partial charge in [0.15, 0.2) is 0 Å². The van der Waals surface area contributed by atoms with Gasteiger partial charge in [0.1, 0.15) is 6.07 Å². The topological polar surface area (TPSA) is 110 Å². The molecule has 0 radical (unpaired) electrons. The Bertz CT molecular complexity index is 1140. The molecule has 0 saturated carbocycles. The van der Waals surface area contributed by atoms with Gasteiger partial charge in [0.05, 0.1) is 32.8 Å². The van der Waals surface area contributed by atoms with Gasteiger partial charge in [-0.15, -0.1) is 0 Å². The predicted octanol–water partition coefficient (Wildman–Crippen LogP) is 3.37. The van der Waals surface area contributed by atoms with Crippen LogP contribution < -0.4 is 4.72 Å². The fourth-order valence-corrected chi connectivity index (χ4v) is 3.63. The summed E-state index contributed by atoms with van der Waals surface area (Å²) in [4.78, 5) is 2.85. The van der Waals surface area contributed by atoms with Crippen molar-refractivity contribution < 1.29 is 8.42 Å². The zero-order valence-electron chi connectivity index (χ0n) is 12.0. The number of rotatable bonds is 3. The molecule has 0 aliphatic rings. The maximum atomic E-state index is 12.5. The van der Waals surface area contributed by atoms with E-state index in [1.54, 1.807) is 0 Å². The van der Waals surface area contributed by atoms with E-state index in [1.807, 2.05) is 12.1 Å². The minimum absolute atomic E-state index is 0.0399. The largest absolute Gasteiger partial charge is 0.360 e. The van der Waals surface area contributed by atoms with Gasteiger partial charge in [-0.25, -0.2) is 8.42 Å². The van der Waals surface area contributed by atoms with Crippen molar-refractivity contribution in [2.24, 2.45) is 0 Å².